The number of hydrogen-bond donors (Lipinski definition) is 0. The van der Waals surface area contributed by atoms with E-state index in [2.05, 4.69) is 55.3 Å². The van der Waals surface area contributed by atoms with Crippen LogP contribution in [0.4, 0.5) is 0 Å². The number of rotatable bonds is 2. The first-order chi connectivity index (χ1) is 12.2. The van der Waals surface area contributed by atoms with Crippen LogP contribution in [0.1, 0.15) is 38.7 Å². The molecule has 2 unspecified atom stereocenters. The monoisotopic (exact) mass is 350 g/mol. The summed E-state index contributed by atoms with van der Waals surface area (Å²) >= 11 is 6.69. The smallest absolute Gasteiger partial charge is 0.0563 e. The van der Waals surface area contributed by atoms with Gasteiger partial charge >= 0.3 is 0 Å². The van der Waals surface area contributed by atoms with E-state index in [1.165, 1.54) is 19.3 Å². The maximum atomic E-state index is 6.69. The molecule has 128 valence electrons. The fourth-order valence-corrected chi connectivity index (χ4v) is 4.34. The highest BCUT2D eigenvalue weighted by molar-refractivity contribution is 6.42. The summed E-state index contributed by atoms with van der Waals surface area (Å²) < 4.78 is 0. The third kappa shape index (κ3) is 2.89. The largest absolute Gasteiger partial charge is 0.292 e. The molecular formula is C22H23ClN2. The van der Waals surface area contributed by atoms with E-state index in [0.29, 0.717) is 12.1 Å². The van der Waals surface area contributed by atoms with Crippen LogP contribution in [-0.4, -0.2) is 23.3 Å². The Hall–Kier alpha value is -2.06. The molecule has 1 fully saturated rings. The van der Waals surface area contributed by atoms with Gasteiger partial charge in [-0.25, -0.2) is 0 Å². The van der Waals surface area contributed by atoms with Gasteiger partial charge in [-0.15, -0.1) is 0 Å². The molecule has 0 bridgehead atoms. The van der Waals surface area contributed by atoms with Crippen LogP contribution >= 0.6 is 11.6 Å². The zero-order valence-corrected chi connectivity index (χ0v) is 15.5. The normalized spacial score (nSPS) is 21.5. The molecule has 0 aromatic heterocycles. The molecule has 1 aliphatic rings. The van der Waals surface area contributed by atoms with Crippen LogP contribution in [0, 0.1) is 0 Å². The molecule has 2 nitrogen and oxygen atoms in total. The number of nitrogens with zero attached hydrogens (tertiary/aromatic N) is 2. The van der Waals surface area contributed by atoms with E-state index in [-0.39, 0.29) is 0 Å². The first-order valence-corrected chi connectivity index (χ1v) is 9.46. The lowest BCUT2D eigenvalue weighted by molar-refractivity contribution is 0.109. The summed E-state index contributed by atoms with van der Waals surface area (Å²) in [6, 6.07) is 17.7. The topological polar surface area (TPSA) is 15.6 Å². The van der Waals surface area contributed by atoms with Gasteiger partial charge in [-0.3, -0.25) is 5.01 Å². The second kappa shape index (κ2) is 6.68. The third-order valence-corrected chi connectivity index (χ3v) is 5.78. The van der Waals surface area contributed by atoms with Crippen molar-refractivity contribution in [3.05, 3.63) is 59.1 Å². The van der Waals surface area contributed by atoms with Crippen molar-refractivity contribution in [3.8, 4) is 0 Å². The summed E-state index contributed by atoms with van der Waals surface area (Å²) in [4.78, 5) is 0. The first-order valence-electron chi connectivity index (χ1n) is 9.08. The molecule has 3 heteroatoms. The Kier molecular flexibility index (Phi) is 4.39. The van der Waals surface area contributed by atoms with Gasteiger partial charge in [0.15, 0.2) is 0 Å². The Morgan fingerprint density at radius 1 is 0.880 bits per heavy atom. The van der Waals surface area contributed by atoms with Gasteiger partial charge in [0.25, 0.3) is 0 Å². The summed E-state index contributed by atoms with van der Waals surface area (Å²) in [5, 5.41) is 12.5. The van der Waals surface area contributed by atoms with Gasteiger partial charge in [0.05, 0.1) is 11.2 Å². The van der Waals surface area contributed by atoms with Crippen LogP contribution in [0.3, 0.4) is 0 Å². The van der Waals surface area contributed by atoms with Crippen molar-refractivity contribution in [1.29, 1.82) is 0 Å². The lowest BCUT2D eigenvalue weighted by atomic mass is 9.97. The van der Waals surface area contributed by atoms with Gasteiger partial charge < -0.3 is 0 Å². The molecule has 1 heterocycles. The lowest BCUT2D eigenvalue weighted by Gasteiger charge is -2.36. The molecule has 2 atom stereocenters. The third-order valence-electron chi connectivity index (χ3n) is 5.37. The van der Waals surface area contributed by atoms with E-state index in [1.807, 2.05) is 18.3 Å². The molecule has 25 heavy (non-hydrogen) atoms. The van der Waals surface area contributed by atoms with Gasteiger partial charge in [-0.2, -0.15) is 5.10 Å². The number of halogens is 1. The van der Waals surface area contributed by atoms with Crippen molar-refractivity contribution < 1.29 is 0 Å². The molecule has 0 spiro atoms. The van der Waals surface area contributed by atoms with Crippen LogP contribution < -0.4 is 0 Å². The minimum atomic E-state index is 0.491. The van der Waals surface area contributed by atoms with E-state index in [0.717, 1.165) is 32.1 Å². The average molecular weight is 351 g/mol. The zero-order chi connectivity index (χ0) is 17.4. The van der Waals surface area contributed by atoms with Crippen LogP contribution in [-0.2, 0) is 0 Å². The molecule has 1 saturated heterocycles. The Morgan fingerprint density at radius 3 is 1.88 bits per heavy atom. The predicted octanol–water partition coefficient (Wildman–Crippen LogP) is 6.24. The SMILES string of the molecule is CC1CCCC(C)N1N=Cc1c2ccccc2c(Cl)c2ccccc12. The summed E-state index contributed by atoms with van der Waals surface area (Å²) in [5.41, 5.74) is 1.15. The fourth-order valence-electron chi connectivity index (χ4n) is 4.01. The summed E-state index contributed by atoms with van der Waals surface area (Å²) in [6.07, 6.45) is 5.76. The van der Waals surface area contributed by atoms with Gasteiger partial charge in [-0.1, -0.05) is 60.1 Å². The summed E-state index contributed by atoms with van der Waals surface area (Å²) in [6.45, 7) is 4.54. The Labute approximate surface area is 154 Å². The number of fused-ring (bicyclic) bond motifs is 2. The molecule has 3 aromatic carbocycles. The van der Waals surface area contributed by atoms with Crippen molar-refractivity contribution in [2.75, 3.05) is 0 Å². The highest BCUT2D eigenvalue weighted by Gasteiger charge is 2.23. The van der Waals surface area contributed by atoms with E-state index in [4.69, 9.17) is 16.7 Å². The zero-order valence-electron chi connectivity index (χ0n) is 14.7. The summed E-state index contributed by atoms with van der Waals surface area (Å²) in [5.74, 6) is 0. The molecule has 4 rings (SSSR count). The predicted molar refractivity (Wildman–Crippen MR) is 109 cm³/mol. The van der Waals surface area contributed by atoms with Crippen LogP contribution in [0.2, 0.25) is 5.02 Å². The lowest BCUT2D eigenvalue weighted by Crippen LogP contribution is -2.39. The highest BCUT2D eigenvalue weighted by atomic mass is 35.5. The van der Waals surface area contributed by atoms with E-state index >= 15 is 0 Å². The van der Waals surface area contributed by atoms with Crippen molar-refractivity contribution >= 4 is 39.4 Å². The molecule has 0 amide bonds. The molecule has 1 aliphatic heterocycles. The van der Waals surface area contributed by atoms with Crippen LogP contribution in [0.25, 0.3) is 21.5 Å². The Morgan fingerprint density at radius 2 is 1.36 bits per heavy atom. The van der Waals surface area contributed by atoms with Gasteiger partial charge in [0.1, 0.15) is 0 Å². The Balaban J connectivity index is 1.90. The number of hydrazone groups is 1. The van der Waals surface area contributed by atoms with Crippen LogP contribution in [0.5, 0.6) is 0 Å². The fraction of sp³-hybridized carbons (Fsp3) is 0.318. The Bertz CT molecular complexity index is 880. The van der Waals surface area contributed by atoms with Gasteiger partial charge in [0.2, 0.25) is 0 Å². The van der Waals surface area contributed by atoms with Crippen LogP contribution in [0.15, 0.2) is 53.6 Å². The quantitative estimate of drug-likeness (QED) is 0.394. The minimum Gasteiger partial charge on any atom is -0.292 e. The molecular weight excluding hydrogens is 328 g/mol. The van der Waals surface area contributed by atoms with Gasteiger partial charge in [-0.05, 0) is 43.9 Å². The number of hydrogen-bond acceptors (Lipinski definition) is 2. The molecule has 0 radical (unpaired) electrons. The number of piperidine rings is 1. The van der Waals surface area contributed by atoms with E-state index < -0.39 is 0 Å². The second-order valence-corrected chi connectivity index (χ2v) is 7.45. The molecule has 0 aliphatic carbocycles. The van der Waals surface area contributed by atoms with E-state index in [9.17, 15) is 0 Å². The minimum absolute atomic E-state index is 0.491. The van der Waals surface area contributed by atoms with Crippen molar-refractivity contribution in [1.82, 2.24) is 5.01 Å². The molecule has 0 N–H and O–H groups in total. The molecule has 0 saturated carbocycles. The maximum absolute atomic E-state index is 6.69. The molecule has 3 aromatic rings. The van der Waals surface area contributed by atoms with Gasteiger partial charge in [0, 0.05) is 28.4 Å². The van der Waals surface area contributed by atoms with E-state index in [1.54, 1.807) is 0 Å². The first kappa shape index (κ1) is 16.4. The second-order valence-electron chi connectivity index (χ2n) is 7.07. The van der Waals surface area contributed by atoms with Crippen molar-refractivity contribution in [3.63, 3.8) is 0 Å². The average Bonchev–Trinajstić information content (AvgIpc) is 2.64. The maximum Gasteiger partial charge on any atom is 0.0563 e. The highest BCUT2D eigenvalue weighted by Crippen LogP contribution is 2.35. The van der Waals surface area contributed by atoms with Crippen molar-refractivity contribution in [2.45, 2.75) is 45.2 Å². The summed E-state index contributed by atoms with van der Waals surface area (Å²) in [7, 11) is 0. The number of benzene rings is 3. The standard InChI is InChI=1S/C22H23ClN2/c1-15-8-7-9-16(2)25(15)24-14-21-17-10-3-5-12-19(17)22(23)20-13-6-4-11-18(20)21/h3-6,10-16H,7-9H2,1-2H3. The van der Waals surface area contributed by atoms with Crippen molar-refractivity contribution in [2.24, 2.45) is 5.10 Å².